The number of aromatic nitrogens is 1. The van der Waals surface area contributed by atoms with Crippen LogP contribution in [-0.2, 0) is 0 Å². The maximum Gasteiger partial charge on any atom is 0.0739 e. The van der Waals surface area contributed by atoms with E-state index in [1.165, 1.54) is 5.70 Å². The highest BCUT2D eigenvalue weighted by Crippen LogP contribution is 2.23. The fourth-order valence-corrected chi connectivity index (χ4v) is 3.31. The molecule has 0 amide bonds. The zero-order valence-corrected chi connectivity index (χ0v) is 19.2. The van der Waals surface area contributed by atoms with Crippen LogP contribution in [-0.4, -0.2) is 17.7 Å². The second-order valence-corrected chi connectivity index (χ2v) is 7.75. The lowest BCUT2D eigenvalue weighted by molar-refractivity contribution is 0.814. The number of pyridine rings is 1. The van der Waals surface area contributed by atoms with Gasteiger partial charge in [0.2, 0.25) is 0 Å². The van der Waals surface area contributed by atoms with Gasteiger partial charge >= 0.3 is 0 Å². The van der Waals surface area contributed by atoms with Crippen LogP contribution in [0.15, 0.2) is 81.5 Å². The summed E-state index contributed by atoms with van der Waals surface area (Å²) in [6.07, 6.45) is 16.5. The predicted molar refractivity (Wildman–Crippen MR) is 130 cm³/mol. The second-order valence-electron chi connectivity index (χ2n) is 6.67. The van der Waals surface area contributed by atoms with Gasteiger partial charge in [0, 0.05) is 36.0 Å². The molecule has 0 spiro atoms. The van der Waals surface area contributed by atoms with Crippen molar-refractivity contribution in [2.75, 3.05) is 7.05 Å². The standard InChI is InChI=1S/C23H30N3PS/c1-5-7-19(14-22(28)18-8-6-9-21(24-4)12-10-18)16(2)26-17(3)20-11-13-23(27)25-15-20/h6-8,10-15,17,24,28H,5,9,27H2,1-4H3/b19-7-,22-14-,26-16?. The number of hydrogen-bond donors (Lipinski definition) is 2. The van der Waals surface area contributed by atoms with E-state index in [1.54, 1.807) is 0 Å². The highest BCUT2D eigenvalue weighted by molar-refractivity contribution is 7.84. The van der Waals surface area contributed by atoms with Crippen molar-refractivity contribution in [2.45, 2.75) is 39.7 Å². The van der Waals surface area contributed by atoms with Crippen molar-refractivity contribution in [3.8, 4) is 0 Å². The Morgan fingerprint density at radius 3 is 2.82 bits per heavy atom. The Morgan fingerprint density at radius 2 is 2.18 bits per heavy atom. The van der Waals surface area contributed by atoms with Crippen LogP contribution in [0.4, 0.5) is 0 Å². The highest BCUT2D eigenvalue weighted by Gasteiger charge is 2.08. The maximum absolute atomic E-state index is 4.90. The van der Waals surface area contributed by atoms with Crippen molar-refractivity contribution in [1.29, 1.82) is 0 Å². The van der Waals surface area contributed by atoms with Crippen molar-refractivity contribution < 1.29 is 0 Å². The van der Waals surface area contributed by atoms with Crippen LogP contribution < -0.4 is 10.8 Å². The number of rotatable bonds is 7. The number of thiol groups is 1. The van der Waals surface area contributed by atoms with Crippen LogP contribution in [0, 0.1) is 0 Å². The summed E-state index contributed by atoms with van der Waals surface area (Å²) < 4.78 is 0. The minimum atomic E-state index is 0.0493. The van der Waals surface area contributed by atoms with Crippen LogP contribution in [0.1, 0.15) is 45.2 Å². The number of allylic oxidation sites excluding steroid dienone is 8. The van der Waals surface area contributed by atoms with Crippen molar-refractivity contribution in [2.24, 2.45) is 4.99 Å². The molecule has 1 heterocycles. The van der Waals surface area contributed by atoms with E-state index in [9.17, 15) is 0 Å². The smallest absolute Gasteiger partial charge is 0.0739 e. The SMILES string of the molecule is CC/C=C(/C=C(\S)C1=CC=C(NC)CC=C1)C(C)=NC(C)c1ccc(P)nc1. The quantitative estimate of drug-likeness (QED) is 0.279. The fourth-order valence-electron chi connectivity index (χ4n) is 2.85. The Labute approximate surface area is 177 Å². The van der Waals surface area contributed by atoms with Gasteiger partial charge in [-0.2, -0.15) is 0 Å². The molecule has 0 saturated heterocycles. The van der Waals surface area contributed by atoms with E-state index in [4.69, 9.17) is 17.6 Å². The van der Waals surface area contributed by atoms with Gasteiger partial charge in [-0.3, -0.25) is 9.98 Å². The van der Waals surface area contributed by atoms with Crippen LogP contribution in [0.2, 0.25) is 0 Å². The van der Waals surface area contributed by atoms with Gasteiger partial charge in [-0.05, 0) is 55.2 Å². The molecule has 1 N–H and O–H groups in total. The Hall–Kier alpha value is -1.90. The molecule has 0 saturated carbocycles. The molecule has 0 radical (unpaired) electrons. The average Bonchev–Trinajstić information content (AvgIpc) is 2.93. The topological polar surface area (TPSA) is 37.3 Å². The Bertz CT molecular complexity index is 858. The van der Waals surface area contributed by atoms with E-state index >= 15 is 0 Å². The first kappa shape index (κ1) is 22.4. The number of aliphatic imine (C=N–C) groups is 1. The predicted octanol–water partition coefficient (Wildman–Crippen LogP) is 5.24. The minimum Gasteiger partial charge on any atom is -0.391 e. The van der Waals surface area contributed by atoms with Gasteiger partial charge in [-0.25, -0.2) is 0 Å². The van der Waals surface area contributed by atoms with Crippen molar-refractivity contribution in [3.05, 3.63) is 82.1 Å². The summed E-state index contributed by atoms with van der Waals surface area (Å²) in [4.78, 5) is 10.2. The molecule has 1 aliphatic rings. The molecule has 1 aromatic heterocycles. The lowest BCUT2D eigenvalue weighted by atomic mass is 10.1. The van der Waals surface area contributed by atoms with Crippen molar-refractivity contribution >= 4 is 33.0 Å². The normalized spacial score (nSPS) is 17.0. The van der Waals surface area contributed by atoms with Crippen LogP contribution in [0.3, 0.4) is 0 Å². The van der Waals surface area contributed by atoms with Gasteiger partial charge in [0.05, 0.1) is 11.5 Å². The second kappa shape index (κ2) is 11.2. The molecule has 2 rings (SSSR count). The molecule has 2 atom stereocenters. The van der Waals surface area contributed by atoms with Gasteiger partial charge in [0.15, 0.2) is 0 Å². The molecule has 1 aromatic rings. The molecular formula is C23H30N3PS. The molecule has 28 heavy (non-hydrogen) atoms. The zero-order chi connectivity index (χ0) is 20.5. The van der Waals surface area contributed by atoms with Crippen LogP contribution in [0.5, 0.6) is 0 Å². The van der Waals surface area contributed by atoms with Gasteiger partial charge in [0.1, 0.15) is 0 Å². The van der Waals surface area contributed by atoms with Crippen LogP contribution >= 0.6 is 21.9 Å². The zero-order valence-electron chi connectivity index (χ0n) is 17.1. The third-order valence-electron chi connectivity index (χ3n) is 4.53. The van der Waals surface area contributed by atoms with Gasteiger partial charge in [0.25, 0.3) is 0 Å². The third-order valence-corrected chi connectivity index (χ3v) is 5.26. The average molecular weight is 412 g/mol. The van der Waals surface area contributed by atoms with E-state index in [-0.39, 0.29) is 6.04 Å². The Morgan fingerprint density at radius 1 is 1.39 bits per heavy atom. The molecule has 2 unspecified atom stereocenters. The lowest BCUT2D eigenvalue weighted by Gasteiger charge is -2.11. The molecule has 1 aliphatic carbocycles. The Balaban J connectivity index is 2.27. The summed E-state index contributed by atoms with van der Waals surface area (Å²) in [7, 11) is 4.56. The summed E-state index contributed by atoms with van der Waals surface area (Å²) in [6.45, 7) is 6.29. The van der Waals surface area contributed by atoms with Crippen LogP contribution in [0.25, 0.3) is 0 Å². The molecular weight excluding hydrogens is 381 g/mol. The molecule has 0 aliphatic heterocycles. The van der Waals surface area contributed by atoms with Crippen molar-refractivity contribution in [3.63, 3.8) is 0 Å². The largest absolute Gasteiger partial charge is 0.391 e. The van der Waals surface area contributed by atoms with E-state index in [0.29, 0.717) is 0 Å². The van der Waals surface area contributed by atoms with E-state index < -0.39 is 0 Å². The maximum atomic E-state index is 4.90. The highest BCUT2D eigenvalue weighted by atomic mass is 32.1. The molecule has 3 nitrogen and oxygen atoms in total. The molecule has 5 heteroatoms. The lowest BCUT2D eigenvalue weighted by Crippen LogP contribution is -2.03. The first-order valence-electron chi connectivity index (χ1n) is 9.57. The van der Waals surface area contributed by atoms with Gasteiger partial charge in [-0.15, -0.1) is 12.6 Å². The van der Waals surface area contributed by atoms with Gasteiger partial charge in [-0.1, -0.05) is 46.5 Å². The number of nitrogens with zero attached hydrogens (tertiary/aromatic N) is 2. The van der Waals surface area contributed by atoms with Crippen molar-refractivity contribution in [1.82, 2.24) is 10.3 Å². The summed E-state index contributed by atoms with van der Waals surface area (Å²) in [5.74, 6) is 0. The molecule has 0 aromatic carbocycles. The molecule has 0 fully saturated rings. The fraction of sp³-hybridized carbons (Fsp3) is 0.304. The third kappa shape index (κ3) is 6.61. The molecule has 148 valence electrons. The summed E-state index contributed by atoms with van der Waals surface area (Å²) in [5.41, 5.74) is 6.43. The first-order valence-corrected chi connectivity index (χ1v) is 10.6. The Kier molecular flexibility index (Phi) is 8.95. The molecule has 0 bridgehead atoms. The summed E-state index contributed by atoms with van der Waals surface area (Å²) in [6, 6.07) is 4.12. The number of hydrogen-bond acceptors (Lipinski definition) is 4. The summed E-state index contributed by atoms with van der Waals surface area (Å²) >= 11 is 4.76. The first-order chi connectivity index (χ1) is 13.4. The van der Waals surface area contributed by atoms with Gasteiger partial charge < -0.3 is 5.32 Å². The summed E-state index contributed by atoms with van der Waals surface area (Å²) in [5, 5.41) is 3.21. The van der Waals surface area contributed by atoms with E-state index in [2.05, 4.69) is 82.8 Å². The minimum absolute atomic E-state index is 0.0493. The van der Waals surface area contributed by atoms with E-state index in [1.807, 2.05) is 19.3 Å². The van der Waals surface area contributed by atoms with E-state index in [0.717, 1.165) is 45.6 Å². The number of nitrogens with one attached hydrogen (secondary N) is 1. The monoisotopic (exact) mass is 411 g/mol.